The molecule has 0 aliphatic carbocycles. The number of nitrogens with zero attached hydrogens (tertiary/aromatic N) is 2. The van der Waals surface area contributed by atoms with E-state index >= 15 is 0 Å². The Hall–Kier alpha value is -2.38. The van der Waals surface area contributed by atoms with Crippen molar-refractivity contribution in [3.05, 3.63) is 53.6 Å². The monoisotopic (exact) mass is 402 g/mol. The van der Waals surface area contributed by atoms with Crippen LogP contribution in [0.3, 0.4) is 0 Å². The maximum Gasteiger partial charge on any atom is 0.243 e. The van der Waals surface area contributed by atoms with Crippen molar-refractivity contribution in [3.63, 3.8) is 0 Å². The first kappa shape index (κ1) is 20.4. The van der Waals surface area contributed by atoms with Gasteiger partial charge in [-0.3, -0.25) is 4.79 Å². The Morgan fingerprint density at radius 1 is 1.25 bits per heavy atom. The predicted molar refractivity (Wildman–Crippen MR) is 109 cm³/mol. The minimum Gasteiger partial charge on any atom is -0.496 e. The molecular weight excluding hydrogens is 376 g/mol. The van der Waals surface area contributed by atoms with Gasteiger partial charge in [0.15, 0.2) is 0 Å². The number of ether oxygens (including phenoxy) is 1. The number of para-hydroxylation sites is 1. The van der Waals surface area contributed by atoms with E-state index in [2.05, 4.69) is 0 Å². The third kappa shape index (κ3) is 3.64. The summed E-state index contributed by atoms with van der Waals surface area (Å²) in [6.07, 6.45) is 0.776. The molecule has 0 spiro atoms. The van der Waals surface area contributed by atoms with Gasteiger partial charge in [-0.1, -0.05) is 25.1 Å². The first-order valence-electron chi connectivity index (χ1n) is 9.34. The van der Waals surface area contributed by atoms with E-state index in [4.69, 9.17) is 4.74 Å². The number of rotatable bonds is 6. The molecule has 0 saturated carbocycles. The molecular formula is C21H26N2O4S. The Balaban J connectivity index is 1.86. The van der Waals surface area contributed by atoms with Gasteiger partial charge >= 0.3 is 0 Å². The number of methoxy groups -OCH3 is 1. The number of hydrogen-bond acceptors (Lipinski definition) is 4. The molecule has 0 aromatic heterocycles. The largest absolute Gasteiger partial charge is 0.496 e. The Labute approximate surface area is 166 Å². The molecule has 6 nitrogen and oxygen atoms in total. The van der Waals surface area contributed by atoms with Gasteiger partial charge in [0.1, 0.15) is 5.75 Å². The van der Waals surface area contributed by atoms with Gasteiger partial charge in [-0.05, 0) is 55.7 Å². The number of benzene rings is 2. The van der Waals surface area contributed by atoms with E-state index in [-0.39, 0.29) is 29.9 Å². The Kier molecular flexibility index (Phi) is 5.76. The Morgan fingerprint density at radius 2 is 1.96 bits per heavy atom. The topological polar surface area (TPSA) is 66.9 Å². The van der Waals surface area contributed by atoms with Crippen LogP contribution in [0, 0.1) is 6.92 Å². The molecule has 7 heteroatoms. The van der Waals surface area contributed by atoms with Gasteiger partial charge < -0.3 is 9.64 Å². The lowest BCUT2D eigenvalue weighted by atomic mass is 10.1. The van der Waals surface area contributed by atoms with E-state index < -0.39 is 10.0 Å². The first-order valence-corrected chi connectivity index (χ1v) is 10.8. The van der Waals surface area contributed by atoms with E-state index in [1.165, 1.54) is 10.4 Å². The fourth-order valence-corrected chi connectivity index (χ4v) is 5.18. The SMILES string of the molecule is CCN(CC(=O)N1c2ccccc2C[C@@H]1C)S(=O)(=O)c1ccc(OC)c(C)c1. The van der Waals surface area contributed by atoms with Gasteiger partial charge in [-0.2, -0.15) is 4.31 Å². The van der Waals surface area contributed by atoms with Gasteiger partial charge in [-0.15, -0.1) is 0 Å². The number of amides is 1. The number of likely N-dealkylation sites (N-methyl/N-ethyl adjacent to an activating group) is 1. The van der Waals surface area contributed by atoms with Gasteiger partial charge in [0.05, 0.1) is 18.6 Å². The van der Waals surface area contributed by atoms with Crippen LogP contribution in [-0.2, 0) is 21.2 Å². The quantitative estimate of drug-likeness (QED) is 0.745. The summed E-state index contributed by atoms with van der Waals surface area (Å²) in [5.41, 5.74) is 2.71. The van der Waals surface area contributed by atoms with Crippen molar-refractivity contribution in [2.45, 2.75) is 38.1 Å². The third-order valence-electron chi connectivity index (χ3n) is 5.14. The molecule has 1 aliphatic rings. The van der Waals surface area contributed by atoms with Crippen molar-refractivity contribution in [1.29, 1.82) is 0 Å². The maximum absolute atomic E-state index is 13.1. The zero-order valence-corrected chi connectivity index (χ0v) is 17.5. The lowest BCUT2D eigenvalue weighted by Gasteiger charge is -2.27. The normalized spacial score (nSPS) is 16.3. The van der Waals surface area contributed by atoms with Crippen LogP contribution in [0.25, 0.3) is 0 Å². The van der Waals surface area contributed by atoms with Crippen molar-refractivity contribution in [3.8, 4) is 5.75 Å². The van der Waals surface area contributed by atoms with E-state index in [1.54, 1.807) is 38.0 Å². The molecule has 1 heterocycles. The molecule has 0 N–H and O–H groups in total. The lowest BCUT2D eigenvalue weighted by Crippen LogP contribution is -2.45. The molecule has 150 valence electrons. The highest BCUT2D eigenvalue weighted by molar-refractivity contribution is 7.89. The van der Waals surface area contributed by atoms with E-state index in [0.717, 1.165) is 23.2 Å². The smallest absolute Gasteiger partial charge is 0.243 e. The summed E-state index contributed by atoms with van der Waals surface area (Å²) in [4.78, 5) is 14.9. The second kappa shape index (κ2) is 7.93. The van der Waals surface area contributed by atoms with E-state index in [1.807, 2.05) is 31.2 Å². The van der Waals surface area contributed by atoms with Crippen molar-refractivity contribution >= 4 is 21.6 Å². The molecule has 1 aliphatic heterocycles. The fraction of sp³-hybridized carbons (Fsp3) is 0.381. The molecule has 0 radical (unpaired) electrons. The zero-order valence-electron chi connectivity index (χ0n) is 16.7. The van der Waals surface area contributed by atoms with Crippen molar-refractivity contribution in [1.82, 2.24) is 4.31 Å². The van der Waals surface area contributed by atoms with Crippen molar-refractivity contribution < 1.29 is 17.9 Å². The second-order valence-corrected chi connectivity index (χ2v) is 8.95. The van der Waals surface area contributed by atoms with Crippen LogP contribution in [-0.4, -0.2) is 44.9 Å². The molecule has 3 rings (SSSR count). The summed E-state index contributed by atoms with van der Waals surface area (Å²) in [6.45, 7) is 5.53. The number of anilines is 1. The Morgan fingerprint density at radius 3 is 2.61 bits per heavy atom. The molecule has 0 bridgehead atoms. The summed E-state index contributed by atoms with van der Waals surface area (Å²) >= 11 is 0. The van der Waals surface area contributed by atoms with Gasteiger partial charge in [-0.25, -0.2) is 8.42 Å². The number of aryl methyl sites for hydroxylation is 1. The molecule has 0 fully saturated rings. The fourth-order valence-electron chi connectivity index (χ4n) is 3.70. The summed E-state index contributed by atoms with van der Waals surface area (Å²) in [5, 5.41) is 0. The van der Waals surface area contributed by atoms with E-state index in [0.29, 0.717) is 5.75 Å². The average Bonchev–Trinajstić information content (AvgIpc) is 3.01. The van der Waals surface area contributed by atoms with Crippen LogP contribution in [0.4, 0.5) is 5.69 Å². The van der Waals surface area contributed by atoms with Crippen LogP contribution in [0.15, 0.2) is 47.4 Å². The standard InChI is InChI=1S/C21H26N2O4S/c1-5-22(28(25,26)18-10-11-20(27-4)15(2)12-18)14-21(24)23-16(3)13-17-8-6-7-9-19(17)23/h6-12,16H,5,13-14H2,1-4H3/t16-/m0/s1. The molecule has 28 heavy (non-hydrogen) atoms. The first-order chi connectivity index (χ1) is 13.3. The van der Waals surface area contributed by atoms with Gasteiger partial charge in [0.2, 0.25) is 15.9 Å². The zero-order chi connectivity index (χ0) is 20.5. The van der Waals surface area contributed by atoms with Crippen LogP contribution in [0.5, 0.6) is 5.75 Å². The maximum atomic E-state index is 13.1. The highest BCUT2D eigenvalue weighted by atomic mass is 32.2. The van der Waals surface area contributed by atoms with Crippen LogP contribution in [0.1, 0.15) is 25.0 Å². The van der Waals surface area contributed by atoms with Gasteiger partial charge in [0.25, 0.3) is 0 Å². The van der Waals surface area contributed by atoms with Crippen LogP contribution < -0.4 is 9.64 Å². The predicted octanol–water partition coefficient (Wildman–Crippen LogP) is 2.99. The highest BCUT2D eigenvalue weighted by Crippen LogP contribution is 2.32. The minimum absolute atomic E-state index is 0.00883. The Bertz CT molecular complexity index is 988. The third-order valence-corrected chi connectivity index (χ3v) is 7.06. The number of fused-ring (bicyclic) bond motifs is 1. The highest BCUT2D eigenvalue weighted by Gasteiger charge is 2.34. The number of carbonyl (C=O) groups is 1. The van der Waals surface area contributed by atoms with E-state index in [9.17, 15) is 13.2 Å². The number of sulfonamides is 1. The average molecular weight is 403 g/mol. The summed E-state index contributed by atoms with van der Waals surface area (Å²) in [7, 11) is -2.24. The van der Waals surface area contributed by atoms with Crippen LogP contribution in [0.2, 0.25) is 0 Å². The van der Waals surface area contributed by atoms with Crippen molar-refractivity contribution in [2.75, 3.05) is 25.1 Å². The van der Waals surface area contributed by atoms with Crippen molar-refractivity contribution in [2.24, 2.45) is 0 Å². The van der Waals surface area contributed by atoms with Crippen LogP contribution >= 0.6 is 0 Å². The molecule has 2 aromatic rings. The summed E-state index contributed by atoms with van der Waals surface area (Å²) in [5.74, 6) is 0.411. The summed E-state index contributed by atoms with van der Waals surface area (Å²) < 4.78 is 32.6. The summed E-state index contributed by atoms with van der Waals surface area (Å²) in [6, 6.07) is 12.5. The second-order valence-electron chi connectivity index (χ2n) is 7.01. The molecule has 2 aromatic carbocycles. The minimum atomic E-state index is -3.79. The van der Waals surface area contributed by atoms with Gasteiger partial charge in [0, 0.05) is 18.3 Å². The molecule has 0 saturated heterocycles. The molecule has 1 amide bonds. The number of hydrogen-bond donors (Lipinski definition) is 0. The molecule has 1 atom stereocenters. The number of carbonyl (C=O) groups excluding carboxylic acids is 1. The molecule has 0 unspecified atom stereocenters. The lowest BCUT2D eigenvalue weighted by molar-refractivity contribution is -0.119.